The third-order valence-corrected chi connectivity index (χ3v) is 8.95. The number of ether oxygens (including phenoxy) is 2. The van der Waals surface area contributed by atoms with Gasteiger partial charge in [0.1, 0.15) is 26.9 Å². The summed E-state index contributed by atoms with van der Waals surface area (Å²) in [5, 5.41) is 2.88. The first-order valence-corrected chi connectivity index (χ1v) is 15.3. The van der Waals surface area contributed by atoms with Gasteiger partial charge in [-0.15, -0.1) is 0 Å². The molecule has 0 unspecified atom stereocenters. The van der Waals surface area contributed by atoms with Gasteiger partial charge in [-0.05, 0) is 38.8 Å². The molecule has 3 aromatic rings. The number of aryl methyl sites for hydroxylation is 1. The average Bonchev–Trinajstić information content (AvgIpc) is 3.15. The number of pyridine rings is 2. The van der Waals surface area contributed by atoms with Gasteiger partial charge in [-0.2, -0.15) is 13.2 Å². The van der Waals surface area contributed by atoms with Crippen LogP contribution >= 0.6 is 0 Å². The van der Waals surface area contributed by atoms with Crippen molar-refractivity contribution in [3.05, 3.63) is 42.0 Å². The number of carbonyl (C=O) groups is 1. The van der Waals surface area contributed by atoms with E-state index >= 15 is 0 Å². The Morgan fingerprint density at radius 2 is 1.90 bits per heavy atom. The van der Waals surface area contributed by atoms with Crippen molar-refractivity contribution in [2.45, 2.75) is 43.3 Å². The Morgan fingerprint density at radius 3 is 2.51 bits per heavy atom. The SMILES string of the molecule is Cc1c(C(=O)NC2(C)CCS(=O)(=O)CC2)nc2ccc(Oc3ncc(S(C)(=O)=O)cc3OCC(F)(F)F)cn12. The summed E-state index contributed by atoms with van der Waals surface area (Å²) in [6, 6.07) is 3.84. The van der Waals surface area contributed by atoms with Crippen molar-refractivity contribution < 1.29 is 44.3 Å². The van der Waals surface area contributed by atoms with Crippen LogP contribution < -0.4 is 14.8 Å². The van der Waals surface area contributed by atoms with Crippen LogP contribution in [0.2, 0.25) is 0 Å². The number of carbonyl (C=O) groups excluding carboxylic acids is 1. The van der Waals surface area contributed by atoms with Gasteiger partial charge in [0.05, 0.1) is 28.3 Å². The monoisotopic (exact) mass is 590 g/mol. The second-order valence-corrected chi connectivity index (χ2v) is 13.9. The zero-order valence-corrected chi connectivity index (χ0v) is 22.7. The zero-order valence-electron chi connectivity index (χ0n) is 21.1. The van der Waals surface area contributed by atoms with Crippen LogP contribution in [0.15, 0.2) is 35.5 Å². The Morgan fingerprint density at radius 1 is 1.23 bits per heavy atom. The van der Waals surface area contributed by atoms with Crippen molar-refractivity contribution in [1.29, 1.82) is 0 Å². The molecule has 0 aromatic carbocycles. The van der Waals surface area contributed by atoms with Crippen LogP contribution in [0.25, 0.3) is 5.65 Å². The Bertz CT molecular complexity index is 1640. The highest BCUT2D eigenvalue weighted by atomic mass is 32.2. The molecule has 1 N–H and O–H groups in total. The fourth-order valence-corrected chi connectivity index (χ4v) is 6.23. The lowest BCUT2D eigenvalue weighted by Crippen LogP contribution is -2.51. The van der Waals surface area contributed by atoms with Crippen molar-refractivity contribution >= 4 is 31.2 Å². The van der Waals surface area contributed by atoms with Gasteiger partial charge in [-0.25, -0.2) is 26.8 Å². The van der Waals surface area contributed by atoms with Crippen molar-refractivity contribution in [2.75, 3.05) is 24.4 Å². The van der Waals surface area contributed by atoms with Gasteiger partial charge in [0.15, 0.2) is 22.2 Å². The van der Waals surface area contributed by atoms with Gasteiger partial charge in [-0.1, -0.05) is 0 Å². The summed E-state index contributed by atoms with van der Waals surface area (Å²) < 4.78 is 97.4. The second-order valence-electron chi connectivity index (χ2n) is 9.56. The number of aromatic nitrogens is 3. The molecule has 4 rings (SSSR count). The van der Waals surface area contributed by atoms with E-state index < -0.39 is 55.5 Å². The molecule has 212 valence electrons. The summed E-state index contributed by atoms with van der Waals surface area (Å²) in [6.45, 7) is 1.71. The maximum atomic E-state index is 13.0. The summed E-state index contributed by atoms with van der Waals surface area (Å²) in [5.41, 5.74) is 0.186. The molecule has 11 nitrogen and oxygen atoms in total. The van der Waals surface area contributed by atoms with Gasteiger partial charge < -0.3 is 14.8 Å². The van der Waals surface area contributed by atoms with E-state index in [0.717, 1.165) is 18.5 Å². The van der Waals surface area contributed by atoms with E-state index in [1.165, 1.54) is 22.7 Å². The summed E-state index contributed by atoms with van der Waals surface area (Å²) in [4.78, 5) is 20.8. The molecule has 4 heterocycles. The van der Waals surface area contributed by atoms with Crippen molar-refractivity contribution in [2.24, 2.45) is 0 Å². The van der Waals surface area contributed by atoms with Crippen LogP contribution in [-0.4, -0.2) is 73.2 Å². The number of imidazole rings is 1. The van der Waals surface area contributed by atoms with E-state index in [1.54, 1.807) is 13.8 Å². The first-order chi connectivity index (χ1) is 17.9. The summed E-state index contributed by atoms with van der Waals surface area (Å²) in [7, 11) is -6.91. The predicted octanol–water partition coefficient (Wildman–Crippen LogP) is 2.87. The second kappa shape index (κ2) is 9.97. The van der Waals surface area contributed by atoms with E-state index in [9.17, 15) is 34.8 Å². The topological polar surface area (TPSA) is 146 Å². The molecule has 0 radical (unpaired) electrons. The molecular weight excluding hydrogens is 565 g/mol. The molecule has 1 aliphatic heterocycles. The van der Waals surface area contributed by atoms with Crippen LogP contribution in [0.5, 0.6) is 17.4 Å². The van der Waals surface area contributed by atoms with Crippen LogP contribution in [-0.2, 0) is 19.7 Å². The number of alkyl halides is 3. The molecule has 0 aliphatic carbocycles. The fraction of sp³-hybridized carbons (Fsp3) is 0.435. The van der Waals surface area contributed by atoms with Crippen molar-refractivity contribution in [1.82, 2.24) is 19.7 Å². The third-order valence-electron chi connectivity index (χ3n) is 6.22. The Balaban J connectivity index is 1.60. The summed E-state index contributed by atoms with van der Waals surface area (Å²) >= 11 is 0. The molecule has 1 saturated heterocycles. The Labute approximate surface area is 222 Å². The summed E-state index contributed by atoms with van der Waals surface area (Å²) in [5.74, 6) is -1.37. The van der Waals surface area contributed by atoms with Gasteiger partial charge >= 0.3 is 6.18 Å². The lowest BCUT2D eigenvalue weighted by Gasteiger charge is -2.34. The minimum Gasteiger partial charge on any atom is -0.478 e. The smallest absolute Gasteiger partial charge is 0.422 e. The van der Waals surface area contributed by atoms with E-state index in [-0.39, 0.29) is 40.7 Å². The van der Waals surface area contributed by atoms with Crippen LogP contribution in [0.1, 0.15) is 35.9 Å². The molecule has 1 fully saturated rings. The van der Waals surface area contributed by atoms with Gasteiger partial charge in [0.2, 0.25) is 0 Å². The van der Waals surface area contributed by atoms with Crippen molar-refractivity contribution in [3.8, 4) is 17.4 Å². The highest BCUT2D eigenvalue weighted by Gasteiger charge is 2.35. The first-order valence-electron chi connectivity index (χ1n) is 11.5. The van der Waals surface area contributed by atoms with Gasteiger partial charge in [-0.3, -0.25) is 9.20 Å². The van der Waals surface area contributed by atoms with Crippen LogP contribution in [0, 0.1) is 6.92 Å². The van der Waals surface area contributed by atoms with E-state index in [1.807, 2.05) is 0 Å². The maximum Gasteiger partial charge on any atom is 0.422 e. The molecule has 0 bridgehead atoms. The molecule has 3 aromatic heterocycles. The Kier molecular flexibility index (Phi) is 7.31. The molecule has 16 heteroatoms. The van der Waals surface area contributed by atoms with Gasteiger partial charge in [0, 0.05) is 24.1 Å². The largest absolute Gasteiger partial charge is 0.478 e. The number of sulfone groups is 2. The molecule has 1 amide bonds. The molecule has 1 aliphatic rings. The van der Waals surface area contributed by atoms with E-state index in [0.29, 0.717) is 11.3 Å². The molecule has 0 atom stereocenters. The lowest BCUT2D eigenvalue weighted by atomic mass is 9.94. The molecular formula is C23H25F3N4O7S2. The van der Waals surface area contributed by atoms with Crippen molar-refractivity contribution in [3.63, 3.8) is 0 Å². The summed E-state index contributed by atoms with van der Waals surface area (Å²) in [6.07, 6.45) is -0.900. The first kappa shape index (κ1) is 28.6. The average molecular weight is 591 g/mol. The molecule has 39 heavy (non-hydrogen) atoms. The van der Waals surface area contributed by atoms with E-state index in [2.05, 4.69) is 15.3 Å². The number of hydrogen-bond donors (Lipinski definition) is 1. The maximum absolute atomic E-state index is 13.0. The minimum absolute atomic E-state index is 0.0253. The number of rotatable bonds is 7. The fourth-order valence-electron chi connectivity index (χ4n) is 3.93. The van der Waals surface area contributed by atoms with Crippen LogP contribution in [0.3, 0.4) is 0 Å². The number of halogens is 3. The highest BCUT2D eigenvalue weighted by Crippen LogP contribution is 2.33. The molecule has 0 saturated carbocycles. The number of amides is 1. The number of fused-ring (bicyclic) bond motifs is 1. The highest BCUT2D eigenvalue weighted by molar-refractivity contribution is 7.91. The number of nitrogens with zero attached hydrogens (tertiary/aromatic N) is 3. The number of hydrogen-bond acceptors (Lipinski definition) is 9. The molecule has 0 spiro atoms. The zero-order chi connectivity index (χ0) is 28.8. The normalized spacial score (nSPS) is 17.1. The Hall–Kier alpha value is -3.40. The standard InChI is InChI=1S/C23H25F3N4O7S2/c1-14-19(20(31)29-22(2)6-8-39(34,35)9-7-22)28-18-5-4-15(12-30(14)18)37-21-17(36-13-23(24,25)26)10-16(11-27-21)38(3,32)33/h4-5,10-12H,6-9,13H2,1-3H3,(H,29,31). The third kappa shape index (κ3) is 6.79. The predicted molar refractivity (Wildman–Crippen MR) is 133 cm³/mol. The van der Waals surface area contributed by atoms with E-state index in [4.69, 9.17) is 9.47 Å². The minimum atomic E-state index is -4.69. The van der Waals surface area contributed by atoms with Crippen LogP contribution in [0.4, 0.5) is 13.2 Å². The lowest BCUT2D eigenvalue weighted by molar-refractivity contribution is -0.153. The van der Waals surface area contributed by atoms with Gasteiger partial charge in [0.25, 0.3) is 11.8 Å². The quantitative estimate of drug-likeness (QED) is 0.439. The number of nitrogens with one attached hydrogen (secondary N) is 1.